The Morgan fingerprint density at radius 3 is 2.67 bits per heavy atom. The first-order chi connectivity index (χ1) is 11.5. The van der Waals surface area contributed by atoms with Crippen LogP contribution in [0.2, 0.25) is 5.02 Å². The van der Waals surface area contributed by atoms with Gasteiger partial charge in [-0.15, -0.1) is 0 Å². The maximum absolute atomic E-state index is 13.6. The highest BCUT2D eigenvalue weighted by atomic mass is 35.5. The van der Waals surface area contributed by atoms with Crippen LogP contribution < -0.4 is 10.1 Å². The minimum atomic E-state index is -0.947. The van der Waals surface area contributed by atoms with E-state index < -0.39 is 24.3 Å². The van der Waals surface area contributed by atoms with Crippen LogP contribution >= 0.6 is 11.6 Å². The minimum Gasteiger partial charge on any atom is -0.492 e. The molecule has 0 saturated heterocycles. The number of hydrogen-bond acceptors (Lipinski definition) is 4. The van der Waals surface area contributed by atoms with E-state index in [9.17, 15) is 14.0 Å². The third kappa shape index (κ3) is 4.70. The third-order valence-electron chi connectivity index (χ3n) is 2.95. The van der Waals surface area contributed by atoms with Crippen molar-refractivity contribution in [2.75, 3.05) is 18.5 Å². The molecule has 0 atom stereocenters. The van der Waals surface area contributed by atoms with Gasteiger partial charge in [0.25, 0.3) is 5.91 Å². The van der Waals surface area contributed by atoms with Crippen LogP contribution in [-0.2, 0) is 9.53 Å². The maximum atomic E-state index is 13.6. The van der Waals surface area contributed by atoms with E-state index in [0.717, 1.165) is 6.07 Å². The lowest BCUT2D eigenvalue weighted by molar-refractivity contribution is -0.119. The van der Waals surface area contributed by atoms with E-state index in [4.69, 9.17) is 21.1 Å². The number of benzene rings is 2. The number of rotatable bonds is 6. The van der Waals surface area contributed by atoms with E-state index in [1.807, 2.05) is 6.92 Å². The van der Waals surface area contributed by atoms with Gasteiger partial charge in [-0.3, -0.25) is 4.79 Å². The Morgan fingerprint density at radius 2 is 1.96 bits per heavy atom. The van der Waals surface area contributed by atoms with Gasteiger partial charge in [-0.05, 0) is 37.3 Å². The molecular weight excluding hydrogens is 337 g/mol. The molecule has 5 nitrogen and oxygen atoms in total. The number of anilines is 1. The Balaban J connectivity index is 1.95. The van der Waals surface area contributed by atoms with Crippen LogP contribution in [0.15, 0.2) is 42.5 Å². The smallest absolute Gasteiger partial charge is 0.341 e. The highest BCUT2D eigenvalue weighted by molar-refractivity contribution is 6.30. The summed E-state index contributed by atoms with van der Waals surface area (Å²) in [6.07, 6.45) is 0. The lowest BCUT2D eigenvalue weighted by Crippen LogP contribution is -2.21. The molecule has 2 rings (SSSR count). The van der Waals surface area contributed by atoms with Gasteiger partial charge in [0.1, 0.15) is 11.6 Å². The van der Waals surface area contributed by atoms with E-state index in [1.54, 1.807) is 24.3 Å². The lowest BCUT2D eigenvalue weighted by Gasteiger charge is -2.11. The molecule has 0 spiro atoms. The molecule has 0 aliphatic rings. The van der Waals surface area contributed by atoms with E-state index in [0.29, 0.717) is 18.0 Å². The monoisotopic (exact) mass is 351 g/mol. The van der Waals surface area contributed by atoms with Gasteiger partial charge in [0.15, 0.2) is 6.61 Å². The third-order valence-corrected chi connectivity index (χ3v) is 3.18. The van der Waals surface area contributed by atoms with Crippen molar-refractivity contribution >= 4 is 29.2 Å². The van der Waals surface area contributed by atoms with Crippen LogP contribution in [0.5, 0.6) is 5.75 Å². The van der Waals surface area contributed by atoms with Gasteiger partial charge < -0.3 is 14.8 Å². The highest BCUT2D eigenvalue weighted by Crippen LogP contribution is 2.23. The van der Waals surface area contributed by atoms with E-state index in [1.165, 1.54) is 12.1 Å². The molecular formula is C17H15ClFNO4. The van der Waals surface area contributed by atoms with Crippen molar-refractivity contribution in [3.8, 4) is 5.75 Å². The summed E-state index contributed by atoms with van der Waals surface area (Å²) in [5.74, 6) is -1.82. The predicted octanol–water partition coefficient (Wildman–Crippen LogP) is 3.67. The zero-order valence-electron chi connectivity index (χ0n) is 12.8. The molecule has 0 aromatic heterocycles. The largest absolute Gasteiger partial charge is 0.492 e. The van der Waals surface area contributed by atoms with Crippen LogP contribution in [0.1, 0.15) is 17.3 Å². The average Bonchev–Trinajstić information content (AvgIpc) is 2.55. The summed E-state index contributed by atoms with van der Waals surface area (Å²) in [5.41, 5.74) is 0.167. The van der Waals surface area contributed by atoms with Crippen molar-refractivity contribution in [2.24, 2.45) is 0 Å². The predicted molar refractivity (Wildman–Crippen MR) is 87.9 cm³/mol. The summed E-state index contributed by atoms with van der Waals surface area (Å²) >= 11 is 5.61. The first-order valence-corrected chi connectivity index (χ1v) is 7.53. The quantitative estimate of drug-likeness (QED) is 0.806. The average molecular weight is 352 g/mol. The fourth-order valence-electron chi connectivity index (χ4n) is 1.90. The zero-order valence-corrected chi connectivity index (χ0v) is 13.6. The second kappa shape index (κ2) is 8.31. The molecule has 0 radical (unpaired) electrons. The summed E-state index contributed by atoms with van der Waals surface area (Å²) < 4.78 is 23.8. The number of halogens is 2. The van der Waals surface area contributed by atoms with Crippen molar-refractivity contribution in [3.63, 3.8) is 0 Å². The fraction of sp³-hybridized carbons (Fsp3) is 0.176. The number of ether oxygens (including phenoxy) is 2. The van der Waals surface area contributed by atoms with Crippen LogP contribution in [0.25, 0.3) is 0 Å². The van der Waals surface area contributed by atoms with E-state index in [2.05, 4.69) is 5.32 Å². The second-order valence-corrected chi connectivity index (χ2v) is 5.11. The Kier molecular flexibility index (Phi) is 6.14. The summed E-state index contributed by atoms with van der Waals surface area (Å²) in [5, 5.41) is 2.73. The van der Waals surface area contributed by atoms with E-state index >= 15 is 0 Å². The molecule has 7 heteroatoms. The van der Waals surface area contributed by atoms with Crippen molar-refractivity contribution < 1.29 is 23.5 Å². The molecule has 1 amide bonds. The molecule has 24 heavy (non-hydrogen) atoms. The first-order valence-electron chi connectivity index (χ1n) is 7.15. The van der Waals surface area contributed by atoms with Gasteiger partial charge in [0.2, 0.25) is 0 Å². The highest BCUT2D eigenvalue weighted by Gasteiger charge is 2.15. The molecule has 0 fully saturated rings. The Hall–Kier alpha value is -2.60. The number of carbonyl (C=O) groups excluding carboxylic acids is 2. The number of amides is 1. The number of esters is 1. The summed E-state index contributed by atoms with van der Waals surface area (Å²) in [6.45, 7) is 1.71. The molecule has 0 unspecified atom stereocenters. The minimum absolute atomic E-state index is 0.161. The molecule has 0 aliphatic carbocycles. The summed E-state index contributed by atoms with van der Waals surface area (Å²) in [6, 6.07) is 10.4. The molecule has 0 bridgehead atoms. The van der Waals surface area contributed by atoms with Crippen molar-refractivity contribution in [2.45, 2.75) is 6.92 Å². The molecule has 0 saturated carbocycles. The number of hydrogen-bond donors (Lipinski definition) is 1. The van der Waals surface area contributed by atoms with Gasteiger partial charge in [0.05, 0.1) is 17.9 Å². The van der Waals surface area contributed by atoms with Crippen molar-refractivity contribution in [1.82, 2.24) is 0 Å². The Morgan fingerprint density at radius 1 is 1.21 bits per heavy atom. The fourth-order valence-corrected chi connectivity index (χ4v) is 2.06. The van der Waals surface area contributed by atoms with E-state index in [-0.39, 0.29) is 10.6 Å². The SMILES string of the molecule is CCOc1ccccc1NC(=O)COC(=O)c1ccc(Cl)cc1F. The molecule has 1 N–H and O–H groups in total. The van der Waals surface area contributed by atoms with Crippen LogP contribution in [0.3, 0.4) is 0 Å². The normalized spacial score (nSPS) is 10.1. The maximum Gasteiger partial charge on any atom is 0.341 e. The Bertz CT molecular complexity index is 751. The van der Waals surface area contributed by atoms with Gasteiger partial charge in [-0.1, -0.05) is 23.7 Å². The summed E-state index contributed by atoms with van der Waals surface area (Å²) in [7, 11) is 0. The molecule has 2 aromatic carbocycles. The topological polar surface area (TPSA) is 64.6 Å². The number of nitrogens with one attached hydrogen (secondary N) is 1. The second-order valence-electron chi connectivity index (χ2n) is 4.68. The van der Waals surface area contributed by atoms with Gasteiger partial charge in [0, 0.05) is 5.02 Å². The van der Waals surface area contributed by atoms with Crippen molar-refractivity contribution in [3.05, 3.63) is 58.9 Å². The van der Waals surface area contributed by atoms with Gasteiger partial charge >= 0.3 is 5.97 Å². The van der Waals surface area contributed by atoms with Crippen molar-refractivity contribution in [1.29, 1.82) is 0 Å². The van der Waals surface area contributed by atoms with Gasteiger partial charge in [-0.2, -0.15) is 0 Å². The molecule has 126 valence electrons. The molecule has 0 aliphatic heterocycles. The van der Waals surface area contributed by atoms with Crippen LogP contribution in [0.4, 0.5) is 10.1 Å². The zero-order chi connectivity index (χ0) is 17.5. The number of carbonyl (C=O) groups is 2. The van der Waals surface area contributed by atoms with Gasteiger partial charge in [-0.25, -0.2) is 9.18 Å². The molecule has 2 aromatic rings. The molecule has 0 heterocycles. The van der Waals surface area contributed by atoms with Crippen LogP contribution in [-0.4, -0.2) is 25.1 Å². The standard InChI is InChI=1S/C17H15ClFNO4/c1-2-23-15-6-4-3-5-14(15)20-16(21)10-24-17(22)12-8-7-11(18)9-13(12)19/h3-9H,2,10H2,1H3,(H,20,21). The lowest BCUT2D eigenvalue weighted by atomic mass is 10.2. The van der Waals surface area contributed by atoms with Crippen LogP contribution in [0, 0.1) is 5.82 Å². The number of para-hydroxylation sites is 2. The summed E-state index contributed by atoms with van der Waals surface area (Å²) in [4.78, 5) is 23.7. The Labute approximate surface area is 143 Å². The first kappa shape index (κ1) is 17.7.